The lowest BCUT2D eigenvalue weighted by Crippen LogP contribution is -2.53. The Bertz CT molecular complexity index is 1340. The van der Waals surface area contributed by atoms with Gasteiger partial charge < -0.3 is 24.7 Å². The minimum atomic E-state index is -2.61. The molecule has 0 aromatic carbocycles. The average Bonchev–Trinajstić information content (AvgIpc) is 3.42. The molecule has 0 bridgehead atoms. The number of H-pyrrole nitrogens is 1. The lowest BCUT2D eigenvalue weighted by atomic mass is 10.0. The van der Waals surface area contributed by atoms with Crippen molar-refractivity contribution in [2.45, 2.75) is 25.0 Å². The number of hydrogen-bond donors (Lipinski definition) is 4. The number of hydrogen-bond acceptors (Lipinski definition) is 9. The molecule has 1 fully saturated rings. The Morgan fingerprint density at radius 1 is 1.34 bits per heavy atom. The first-order valence-electron chi connectivity index (χ1n) is 10.7. The van der Waals surface area contributed by atoms with Gasteiger partial charge in [-0.3, -0.25) is 5.10 Å². The van der Waals surface area contributed by atoms with Crippen LogP contribution in [0.4, 0.5) is 19.4 Å². The minimum absolute atomic E-state index is 0.229. The maximum atomic E-state index is 12.7. The fourth-order valence-corrected chi connectivity index (χ4v) is 4.13. The summed E-state index contributed by atoms with van der Waals surface area (Å²) in [6.07, 6.45) is 0.300. The van der Waals surface area contributed by atoms with Crippen molar-refractivity contribution in [1.82, 2.24) is 30.3 Å². The Labute approximate surface area is 196 Å². The van der Waals surface area contributed by atoms with Crippen LogP contribution in [-0.2, 0) is 4.84 Å². The molecule has 5 rings (SSSR count). The van der Waals surface area contributed by atoms with Crippen LogP contribution in [0.3, 0.4) is 0 Å². The van der Waals surface area contributed by atoms with Crippen molar-refractivity contribution in [3.05, 3.63) is 36.8 Å². The van der Waals surface area contributed by atoms with Crippen molar-refractivity contribution < 1.29 is 33.4 Å². The molecule has 0 amide bonds. The van der Waals surface area contributed by atoms with E-state index in [1.807, 2.05) is 11.0 Å². The zero-order valence-corrected chi connectivity index (χ0v) is 18.1. The molecular formula is C21H21F2N7O5. The maximum absolute atomic E-state index is 12.7. The minimum Gasteiger partial charge on any atom is -0.486 e. The normalized spacial score (nSPS) is 18.5. The van der Waals surface area contributed by atoms with E-state index in [1.165, 1.54) is 6.20 Å². The molecule has 184 valence electrons. The van der Waals surface area contributed by atoms with E-state index in [1.54, 1.807) is 29.0 Å². The predicted octanol–water partition coefficient (Wildman–Crippen LogP) is 2.06. The second-order valence-electron chi connectivity index (χ2n) is 8.02. The smallest absolute Gasteiger partial charge is 0.486 e. The Morgan fingerprint density at radius 2 is 2.20 bits per heavy atom. The van der Waals surface area contributed by atoms with Crippen LogP contribution < -0.4 is 15.1 Å². The van der Waals surface area contributed by atoms with Gasteiger partial charge in [0, 0.05) is 30.4 Å². The molecule has 1 saturated heterocycles. The zero-order valence-electron chi connectivity index (χ0n) is 18.1. The van der Waals surface area contributed by atoms with E-state index in [2.05, 4.69) is 30.6 Å². The van der Waals surface area contributed by atoms with Gasteiger partial charge in [-0.2, -0.15) is 5.10 Å². The van der Waals surface area contributed by atoms with Crippen molar-refractivity contribution >= 4 is 28.5 Å². The van der Waals surface area contributed by atoms with E-state index >= 15 is 0 Å². The highest BCUT2D eigenvalue weighted by Gasteiger charge is 2.29. The van der Waals surface area contributed by atoms with Crippen molar-refractivity contribution in [3.63, 3.8) is 0 Å². The van der Waals surface area contributed by atoms with Gasteiger partial charge in [-0.1, -0.05) is 0 Å². The molecule has 4 aromatic rings. The Kier molecular flexibility index (Phi) is 6.05. The molecule has 5 heterocycles. The van der Waals surface area contributed by atoms with Crippen LogP contribution in [0.5, 0.6) is 5.75 Å². The molecule has 14 heteroatoms. The van der Waals surface area contributed by atoms with E-state index in [-0.39, 0.29) is 12.3 Å². The van der Waals surface area contributed by atoms with E-state index in [0.717, 1.165) is 5.39 Å². The number of pyridine rings is 2. The SMILES string of the molecule is O=C(O)ON[C@H]1CCN(c2ccc(-c3cc(OCC(F)F)cn4nc5[nH]ncc5c34)cn2)C[C@H]1O. The number of carbonyl (C=O) groups is 1. The molecule has 0 unspecified atom stereocenters. The highest BCUT2D eigenvalue weighted by molar-refractivity contribution is 6.00. The number of β-amino-alcohol motifs (C(OH)–C–C–N with tert-alkyl or cyclic N) is 1. The number of hydroxylamine groups is 1. The molecule has 0 spiro atoms. The van der Waals surface area contributed by atoms with E-state index in [0.29, 0.717) is 41.1 Å². The number of nitrogens with zero attached hydrogens (tertiary/aromatic N) is 5. The third-order valence-corrected chi connectivity index (χ3v) is 5.74. The number of anilines is 1. The molecule has 0 aliphatic carbocycles. The van der Waals surface area contributed by atoms with Crippen molar-refractivity contribution in [3.8, 4) is 16.9 Å². The Hall–Kier alpha value is -4.04. The van der Waals surface area contributed by atoms with Crippen molar-refractivity contribution in [2.75, 3.05) is 24.6 Å². The molecule has 2 atom stereocenters. The highest BCUT2D eigenvalue weighted by Crippen LogP contribution is 2.33. The number of ether oxygens (including phenoxy) is 1. The molecule has 4 N–H and O–H groups in total. The number of aliphatic hydroxyl groups excluding tert-OH is 1. The predicted molar refractivity (Wildman–Crippen MR) is 118 cm³/mol. The van der Waals surface area contributed by atoms with Gasteiger partial charge in [0.2, 0.25) is 0 Å². The maximum Gasteiger partial charge on any atom is 0.525 e. The number of fused-ring (bicyclic) bond motifs is 3. The fourth-order valence-electron chi connectivity index (χ4n) is 4.13. The third kappa shape index (κ3) is 4.65. The number of aromatic nitrogens is 5. The summed E-state index contributed by atoms with van der Waals surface area (Å²) in [5.41, 5.74) is 4.99. The fraction of sp³-hybridized carbons (Fsp3) is 0.333. The van der Waals surface area contributed by atoms with Gasteiger partial charge in [0.25, 0.3) is 6.43 Å². The van der Waals surface area contributed by atoms with Crippen LogP contribution in [0, 0.1) is 0 Å². The van der Waals surface area contributed by atoms with Crippen LogP contribution >= 0.6 is 0 Å². The monoisotopic (exact) mass is 489 g/mol. The highest BCUT2D eigenvalue weighted by atomic mass is 19.3. The molecule has 0 radical (unpaired) electrons. The standard InChI is InChI=1S/C21H21F2N7O5/c22-17(23)10-34-12-5-13(19-14-7-25-26-20(14)27-30(19)8-12)11-1-2-18(24-6-11)29-4-3-15(16(31)9-29)28-35-21(32)33/h1-2,5-8,15-17,28,31H,3-4,9-10H2,(H,26,27)(H,32,33)/t15-,16+/m0/s1. The summed E-state index contributed by atoms with van der Waals surface area (Å²) in [5.74, 6) is 0.852. The van der Waals surface area contributed by atoms with Gasteiger partial charge in [-0.25, -0.2) is 23.1 Å². The lowest BCUT2D eigenvalue weighted by Gasteiger charge is -2.36. The molecule has 12 nitrogen and oxygen atoms in total. The van der Waals surface area contributed by atoms with Gasteiger partial charge in [-0.05, 0) is 24.6 Å². The average molecular weight is 489 g/mol. The summed E-state index contributed by atoms with van der Waals surface area (Å²) >= 11 is 0. The summed E-state index contributed by atoms with van der Waals surface area (Å²) in [4.78, 5) is 21.3. The quantitative estimate of drug-likeness (QED) is 0.284. The summed E-state index contributed by atoms with van der Waals surface area (Å²) < 4.78 is 32.2. The van der Waals surface area contributed by atoms with Crippen LogP contribution in [0.15, 0.2) is 36.8 Å². The summed E-state index contributed by atoms with van der Waals surface area (Å²) in [6, 6.07) is 4.75. The van der Waals surface area contributed by atoms with Crippen molar-refractivity contribution in [1.29, 1.82) is 0 Å². The van der Waals surface area contributed by atoms with Gasteiger partial charge in [-0.15, -0.1) is 10.6 Å². The third-order valence-electron chi connectivity index (χ3n) is 5.74. The van der Waals surface area contributed by atoms with E-state index < -0.39 is 31.3 Å². The van der Waals surface area contributed by atoms with Gasteiger partial charge >= 0.3 is 6.16 Å². The summed E-state index contributed by atoms with van der Waals surface area (Å²) in [5, 5.41) is 30.9. The van der Waals surface area contributed by atoms with Gasteiger partial charge in [0.05, 0.1) is 35.4 Å². The van der Waals surface area contributed by atoms with Crippen molar-refractivity contribution in [2.24, 2.45) is 0 Å². The number of aromatic amines is 1. The number of piperidine rings is 1. The first kappa shape index (κ1) is 22.7. The molecule has 4 aromatic heterocycles. The first-order valence-corrected chi connectivity index (χ1v) is 10.7. The number of nitrogens with one attached hydrogen (secondary N) is 2. The van der Waals surface area contributed by atoms with Gasteiger partial charge in [0.1, 0.15) is 18.2 Å². The zero-order chi connectivity index (χ0) is 24.5. The second kappa shape index (κ2) is 9.31. The largest absolute Gasteiger partial charge is 0.525 e. The Morgan fingerprint density at radius 3 is 2.91 bits per heavy atom. The number of carboxylic acid groups (broad SMARTS) is 1. The van der Waals surface area contributed by atoms with E-state index in [9.17, 15) is 18.7 Å². The molecular weight excluding hydrogens is 468 g/mol. The van der Waals surface area contributed by atoms with E-state index in [4.69, 9.17) is 9.84 Å². The number of halogens is 2. The second-order valence-corrected chi connectivity index (χ2v) is 8.02. The molecule has 1 aliphatic heterocycles. The van der Waals surface area contributed by atoms with Crippen LogP contribution in [-0.4, -0.2) is 79.4 Å². The first-order chi connectivity index (χ1) is 16.9. The summed E-state index contributed by atoms with van der Waals surface area (Å²) in [6.45, 7) is 0.00341. The van der Waals surface area contributed by atoms with Crippen LogP contribution in [0.2, 0.25) is 0 Å². The number of rotatable bonds is 7. The Balaban J connectivity index is 1.41. The number of aliphatic hydroxyl groups is 1. The van der Waals surface area contributed by atoms with Gasteiger partial charge in [0.15, 0.2) is 5.65 Å². The molecule has 1 aliphatic rings. The lowest BCUT2D eigenvalue weighted by molar-refractivity contribution is -0.00987. The molecule has 0 saturated carbocycles. The topological polar surface area (TPSA) is 150 Å². The molecule has 35 heavy (non-hydrogen) atoms. The van der Waals surface area contributed by atoms with Crippen LogP contribution in [0.25, 0.3) is 27.7 Å². The number of alkyl halides is 2. The van der Waals surface area contributed by atoms with Crippen LogP contribution in [0.1, 0.15) is 6.42 Å². The summed E-state index contributed by atoms with van der Waals surface area (Å²) in [7, 11) is 0.